The van der Waals surface area contributed by atoms with E-state index in [-0.39, 0.29) is 17.8 Å². The average Bonchev–Trinajstić information content (AvgIpc) is 2.48. The molecule has 1 aromatic rings. The zero-order valence-electron chi connectivity index (χ0n) is 11.5. The molecule has 0 fully saturated rings. The number of rotatable bonds is 4. The number of esters is 1. The van der Waals surface area contributed by atoms with Crippen LogP contribution in [0.25, 0.3) is 0 Å². The van der Waals surface area contributed by atoms with E-state index in [1.54, 1.807) is 19.1 Å². The van der Waals surface area contributed by atoms with Crippen LogP contribution in [-0.2, 0) is 9.53 Å². The Kier molecular flexibility index (Phi) is 4.41. The normalized spacial score (nSPS) is 18.6. The molecular weight excluding hydrogens is 252 g/mol. The molecular formula is C17H18O3. The summed E-state index contributed by atoms with van der Waals surface area (Å²) >= 11 is 0. The van der Waals surface area contributed by atoms with Gasteiger partial charge in [-0.15, -0.1) is 0 Å². The molecule has 0 radical (unpaired) electrons. The molecule has 0 aromatic heterocycles. The summed E-state index contributed by atoms with van der Waals surface area (Å²) in [6.45, 7) is 5.18. The van der Waals surface area contributed by atoms with Gasteiger partial charge in [0.15, 0.2) is 0 Å². The van der Waals surface area contributed by atoms with Crippen LogP contribution >= 0.6 is 0 Å². The smallest absolute Gasteiger partial charge is 0.330 e. The molecule has 0 bridgehead atoms. The SMILES string of the molecule is C=CC(=O)OC(C)c1ccc(O)c(C2C=CC=CC2)c1. The third-order valence-electron chi connectivity index (χ3n) is 3.36. The molecule has 0 amide bonds. The molecule has 2 atom stereocenters. The van der Waals surface area contributed by atoms with Gasteiger partial charge in [0.1, 0.15) is 11.9 Å². The fourth-order valence-corrected chi connectivity index (χ4v) is 2.22. The van der Waals surface area contributed by atoms with Crippen molar-refractivity contribution in [2.75, 3.05) is 0 Å². The van der Waals surface area contributed by atoms with Gasteiger partial charge in [-0.05, 0) is 31.0 Å². The quantitative estimate of drug-likeness (QED) is 0.669. The molecule has 3 nitrogen and oxygen atoms in total. The summed E-state index contributed by atoms with van der Waals surface area (Å²) in [6.07, 6.45) is 9.72. The van der Waals surface area contributed by atoms with E-state index >= 15 is 0 Å². The largest absolute Gasteiger partial charge is 0.508 e. The second kappa shape index (κ2) is 6.24. The Labute approximate surface area is 118 Å². The van der Waals surface area contributed by atoms with Crippen LogP contribution in [0.3, 0.4) is 0 Å². The number of hydrogen-bond acceptors (Lipinski definition) is 3. The van der Waals surface area contributed by atoms with Gasteiger partial charge < -0.3 is 9.84 Å². The van der Waals surface area contributed by atoms with Gasteiger partial charge in [0.05, 0.1) is 0 Å². The van der Waals surface area contributed by atoms with Crippen LogP contribution in [0, 0.1) is 0 Å². The predicted octanol–water partition coefficient (Wildman–Crippen LogP) is 3.78. The fourth-order valence-electron chi connectivity index (χ4n) is 2.22. The highest BCUT2D eigenvalue weighted by Crippen LogP contribution is 2.34. The highest BCUT2D eigenvalue weighted by molar-refractivity contribution is 5.81. The standard InChI is InChI=1S/C17H18O3/c1-3-17(19)20-12(2)14-9-10-16(18)15(11-14)13-7-5-4-6-8-13/h3-7,9-13,18H,1,8H2,2H3. The molecule has 20 heavy (non-hydrogen) atoms. The molecule has 2 unspecified atom stereocenters. The first-order valence-electron chi connectivity index (χ1n) is 6.61. The van der Waals surface area contributed by atoms with Crippen molar-refractivity contribution in [1.82, 2.24) is 0 Å². The number of benzene rings is 1. The Hall–Kier alpha value is -2.29. The van der Waals surface area contributed by atoms with Gasteiger partial charge in [-0.3, -0.25) is 0 Å². The van der Waals surface area contributed by atoms with E-state index in [4.69, 9.17) is 4.74 Å². The molecule has 0 aliphatic heterocycles. The molecule has 0 heterocycles. The van der Waals surface area contributed by atoms with Crippen molar-refractivity contribution in [3.05, 3.63) is 66.3 Å². The van der Waals surface area contributed by atoms with Crippen LogP contribution in [0.5, 0.6) is 5.75 Å². The van der Waals surface area contributed by atoms with E-state index in [1.165, 1.54) is 0 Å². The van der Waals surface area contributed by atoms with Crippen LogP contribution in [0.1, 0.15) is 36.5 Å². The highest BCUT2D eigenvalue weighted by atomic mass is 16.5. The summed E-state index contributed by atoms with van der Waals surface area (Å²) in [5.41, 5.74) is 1.71. The maximum absolute atomic E-state index is 11.2. The van der Waals surface area contributed by atoms with Crippen LogP contribution < -0.4 is 0 Å². The molecule has 0 saturated heterocycles. The maximum atomic E-state index is 11.2. The molecule has 0 spiro atoms. The van der Waals surface area contributed by atoms with E-state index in [2.05, 4.69) is 18.7 Å². The first-order valence-corrected chi connectivity index (χ1v) is 6.61. The zero-order valence-corrected chi connectivity index (χ0v) is 11.5. The lowest BCUT2D eigenvalue weighted by molar-refractivity contribution is -0.142. The van der Waals surface area contributed by atoms with Crippen molar-refractivity contribution in [2.24, 2.45) is 0 Å². The summed E-state index contributed by atoms with van der Waals surface area (Å²) in [5.74, 6) is -0.0316. The van der Waals surface area contributed by atoms with Crippen LogP contribution in [0.15, 0.2) is 55.2 Å². The van der Waals surface area contributed by atoms with Gasteiger partial charge >= 0.3 is 5.97 Å². The number of allylic oxidation sites excluding steroid dienone is 4. The molecule has 2 rings (SSSR count). The third kappa shape index (κ3) is 3.18. The lowest BCUT2D eigenvalue weighted by Crippen LogP contribution is -2.07. The molecule has 1 aromatic carbocycles. The van der Waals surface area contributed by atoms with E-state index in [9.17, 15) is 9.90 Å². The lowest BCUT2D eigenvalue weighted by Gasteiger charge is -2.18. The topological polar surface area (TPSA) is 46.5 Å². The van der Waals surface area contributed by atoms with E-state index in [1.807, 2.05) is 18.2 Å². The number of phenols is 1. The first kappa shape index (κ1) is 14.1. The van der Waals surface area contributed by atoms with Crippen molar-refractivity contribution < 1.29 is 14.6 Å². The van der Waals surface area contributed by atoms with Crippen molar-refractivity contribution >= 4 is 5.97 Å². The fraction of sp³-hybridized carbons (Fsp3) is 0.235. The van der Waals surface area contributed by atoms with Crippen molar-refractivity contribution in [1.29, 1.82) is 0 Å². The van der Waals surface area contributed by atoms with E-state index in [0.717, 1.165) is 23.6 Å². The zero-order chi connectivity index (χ0) is 14.5. The van der Waals surface area contributed by atoms with Gasteiger partial charge in [0.2, 0.25) is 0 Å². The minimum absolute atomic E-state index is 0.155. The monoisotopic (exact) mass is 270 g/mol. The summed E-state index contributed by atoms with van der Waals surface area (Å²) in [6, 6.07) is 5.31. The summed E-state index contributed by atoms with van der Waals surface area (Å²) < 4.78 is 5.20. The van der Waals surface area contributed by atoms with E-state index < -0.39 is 5.97 Å². The molecule has 104 valence electrons. The second-order valence-corrected chi connectivity index (χ2v) is 4.76. The Balaban J connectivity index is 2.24. The van der Waals surface area contributed by atoms with Gasteiger partial charge in [-0.25, -0.2) is 4.79 Å². The Morgan fingerprint density at radius 3 is 2.95 bits per heavy atom. The molecule has 3 heteroatoms. The van der Waals surface area contributed by atoms with Crippen molar-refractivity contribution in [2.45, 2.75) is 25.4 Å². The number of aromatic hydroxyl groups is 1. The van der Waals surface area contributed by atoms with Gasteiger partial charge in [-0.2, -0.15) is 0 Å². The van der Waals surface area contributed by atoms with Crippen LogP contribution in [0.2, 0.25) is 0 Å². The number of carbonyl (C=O) groups excluding carboxylic acids is 1. The Morgan fingerprint density at radius 2 is 2.30 bits per heavy atom. The molecule has 1 N–H and O–H groups in total. The van der Waals surface area contributed by atoms with Crippen molar-refractivity contribution in [3.8, 4) is 5.75 Å². The summed E-state index contributed by atoms with van der Waals surface area (Å²) in [5, 5.41) is 10.0. The van der Waals surface area contributed by atoms with Gasteiger partial charge in [0, 0.05) is 17.6 Å². The van der Waals surface area contributed by atoms with E-state index in [0.29, 0.717) is 0 Å². The predicted molar refractivity (Wildman–Crippen MR) is 78.4 cm³/mol. The highest BCUT2D eigenvalue weighted by Gasteiger charge is 2.16. The second-order valence-electron chi connectivity index (χ2n) is 4.76. The third-order valence-corrected chi connectivity index (χ3v) is 3.36. The number of carbonyl (C=O) groups is 1. The number of ether oxygens (including phenoxy) is 1. The van der Waals surface area contributed by atoms with Gasteiger partial charge in [0.25, 0.3) is 0 Å². The minimum Gasteiger partial charge on any atom is -0.508 e. The van der Waals surface area contributed by atoms with Crippen molar-refractivity contribution in [3.63, 3.8) is 0 Å². The summed E-state index contributed by atoms with van der Waals surface area (Å²) in [4.78, 5) is 11.2. The molecule has 1 aliphatic rings. The Bertz CT molecular complexity index is 570. The molecule has 1 aliphatic carbocycles. The number of phenolic OH excluding ortho intramolecular Hbond substituents is 1. The Morgan fingerprint density at radius 1 is 1.50 bits per heavy atom. The van der Waals surface area contributed by atoms with Gasteiger partial charge in [-0.1, -0.05) is 36.9 Å². The van der Waals surface area contributed by atoms with Crippen LogP contribution in [-0.4, -0.2) is 11.1 Å². The lowest BCUT2D eigenvalue weighted by atomic mass is 9.90. The summed E-state index contributed by atoms with van der Waals surface area (Å²) in [7, 11) is 0. The number of hydrogen-bond donors (Lipinski definition) is 1. The molecule has 0 saturated carbocycles. The van der Waals surface area contributed by atoms with Crippen LogP contribution in [0.4, 0.5) is 0 Å². The average molecular weight is 270 g/mol. The minimum atomic E-state index is -0.451. The maximum Gasteiger partial charge on any atom is 0.330 e. The first-order chi connectivity index (χ1) is 9.61.